The number of hydrogen-bond acceptors (Lipinski definition) is 3. The van der Waals surface area contributed by atoms with Gasteiger partial charge in [0.2, 0.25) is 5.90 Å². The van der Waals surface area contributed by atoms with Crippen molar-refractivity contribution in [1.82, 2.24) is 0 Å². The van der Waals surface area contributed by atoms with Crippen LogP contribution >= 0.6 is 11.6 Å². The number of ether oxygens (including phenoxy) is 2. The van der Waals surface area contributed by atoms with Crippen LogP contribution in [-0.4, -0.2) is 13.0 Å². The normalized spacial score (nSPS) is 10.1. The fraction of sp³-hybridized carbons (Fsp3) is 0.133. The summed E-state index contributed by atoms with van der Waals surface area (Å²) in [6.45, 7) is 1.94. The van der Waals surface area contributed by atoms with Crippen molar-refractivity contribution in [1.29, 1.82) is 5.41 Å². The highest BCUT2D eigenvalue weighted by Gasteiger charge is 2.04. The third-order valence-corrected chi connectivity index (χ3v) is 2.92. The highest BCUT2D eigenvalue weighted by atomic mass is 35.5. The van der Waals surface area contributed by atoms with Gasteiger partial charge in [-0.2, -0.15) is 0 Å². The molecule has 98 valence electrons. The Morgan fingerprint density at radius 3 is 2.37 bits per heavy atom. The number of halogens is 1. The van der Waals surface area contributed by atoms with E-state index in [1.807, 2.05) is 19.1 Å². The first-order valence-electron chi connectivity index (χ1n) is 5.77. The van der Waals surface area contributed by atoms with Crippen molar-refractivity contribution in [3.05, 3.63) is 58.6 Å². The van der Waals surface area contributed by atoms with Gasteiger partial charge in [0, 0.05) is 10.6 Å². The van der Waals surface area contributed by atoms with E-state index in [1.165, 1.54) is 7.11 Å². The van der Waals surface area contributed by atoms with E-state index in [2.05, 4.69) is 0 Å². The molecule has 0 aliphatic carbocycles. The molecular weight excluding hydrogens is 262 g/mol. The van der Waals surface area contributed by atoms with Crippen molar-refractivity contribution < 1.29 is 9.47 Å². The molecule has 2 aromatic carbocycles. The van der Waals surface area contributed by atoms with Crippen LogP contribution < -0.4 is 4.74 Å². The summed E-state index contributed by atoms with van der Waals surface area (Å²) in [5, 5.41) is 8.24. The molecule has 0 unspecified atom stereocenters. The van der Waals surface area contributed by atoms with Crippen molar-refractivity contribution in [2.75, 3.05) is 7.11 Å². The SMILES string of the molecule is COC(=N)c1ccc(Oc2ccc(Cl)cc2C)cc1. The van der Waals surface area contributed by atoms with E-state index < -0.39 is 0 Å². The molecule has 2 aromatic rings. The largest absolute Gasteiger partial charge is 0.481 e. The Hall–Kier alpha value is -2.00. The summed E-state index contributed by atoms with van der Waals surface area (Å²) in [6, 6.07) is 12.7. The fourth-order valence-electron chi connectivity index (χ4n) is 1.65. The Morgan fingerprint density at radius 2 is 1.79 bits per heavy atom. The van der Waals surface area contributed by atoms with Crippen molar-refractivity contribution >= 4 is 17.5 Å². The molecule has 19 heavy (non-hydrogen) atoms. The van der Waals surface area contributed by atoms with E-state index in [-0.39, 0.29) is 5.90 Å². The molecule has 0 saturated heterocycles. The first kappa shape index (κ1) is 13.4. The second-order valence-electron chi connectivity index (χ2n) is 4.07. The highest BCUT2D eigenvalue weighted by molar-refractivity contribution is 6.30. The smallest absolute Gasteiger partial charge is 0.212 e. The number of benzene rings is 2. The molecule has 2 rings (SSSR count). The summed E-state index contributed by atoms with van der Waals surface area (Å²) in [5.41, 5.74) is 1.68. The standard InChI is InChI=1S/C15H14ClNO2/c1-10-9-12(16)5-8-14(10)19-13-6-3-11(4-7-13)15(17)18-2/h3-9,17H,1-2H3. The number of hydrogen-bond donors (Lipinski definition) is 1. The zero-order chi connectivity index (χ0) is 13.8. The second kappa shape index (κ2) is 5.76. The molecule has 0 aliphatic rings. The van der Waals surface area contributed by atoms with Crippen molar-refractivity contribution in [2.24, 2.45) is 0 Å². The molecule has 0 atom stereocenters. The summed E-state index contributed by atoms with van der Waals surface area (Å²) >= 11 is 5.90. The van der Waals surface area contributed by atoms with Crippen molar-refractivity contribution in [3.8, 4) is 11.5 Å². The van der Waals surface area contributed by atoms with Gasteiger partial charge >= 0.3 is 0 Å². The summed E-state index contributed by atoms with van der Waals surface area (Å²) in [7, 11) is 1.48. The minimum atomic E-state index is 0.134. The molecule has 0 bridgehead atoms. The van der Waals surface area contributed by atoms with Crippen LogP contribution in [0.5, 0.6) is 11.5 Å². The van der Waals surface area contributed by atoms with Gasteiger partial charge in [-0.15, -0.1) is 0 Å². The average molecular weight is 276 g/mol. The lowest BCUT2D eigenvalue weighted by molar-refractivity contribution is 0.401. The van der Waals surface area contributed by atoms with Gasteiger partial charge in [0.25, 0.3) is 0 Å². The maximum absolute atomic E-state index is 7.55. The van der Waals surface area contributed by atoms with Gasteiger partial charge in [0.1, 0.15) is 11.5 Å². The van der Waals surface area contributed by atoms with Crippen LogP contribution in [0.15, 0.2) is 42.5 Å². The van der Waals surface area contributed by atoms with Gasteiger partial charge in [-0.05, 0) is 55.0 Å². The zero-order valence-corrected chi connectivity index (χ0v) is 11.5. The van der Waals surface area contributed by atoms with Crippen LogP contribution in [0.2, 0.25) is 5.02 Å². The lowest BCUT2D eigenvalue weighted by atomic mass is 10.2. The van der Waals surface area contributed by atoms with Crippen LogP contribution in [0.4, 0.5) is 0 Å². The van der Waals surface area contributed by atoms with Crippen LogP contribution in [0.3, 0.4) is 0 Å². The molecule has 0 heterocycles. The van der Waals surface area contributed by atoms with Crippen LogP contribution in [0.1, 0.15) is 11.1 Å². The van der Waals surface area contributed by atoms with E-state index in [1.54, 1.807) is 30.3 Å². The van der Waals surface area contributed by atoms with Gasteiger partial charge in [0.05, 0.1) is 7.11 Å². The monoisotopic (exact) mass is 275 g/mol. The van der Waals surface area contributed by atoms with Crippen molar-refractivity contribution in [3.63, 3.8) is 0 Å². The Balaban J connectivity index is 2.17. The van der Waals surface area contributed by atoms with E-state index in [0.717, 1.165) is 11.3 Å². The maximum Gasteiger partial charge on any atom is 0.212 e. The molecule has 4 heteroatoms. The third kappa shape index (κ3) is 3.26. The van der Waals surface area contributed by atoms with E-state index in [0.29, 0.717) is 16.3 Å². The average Bonchev–Trinajstić information content (AvgIpc) is 2.42. The maximum atomic E-state index is 7.55. The van der Waals surface area contributed by atoms with E-state index >= 15 is 0 Å². The molecule has 0 fully saturated rings. The Morgan fingerprint density at radius 1 is 1.11 bits per heavy atom. The van der Waals surface area contributed by atoms with E-state index in [4.69, 9.17) is 26.5 Å². The molecule has 3 nitrogen and oxygen atoms in total. The number of aryl methyl sites for hydroxylation is 1. The first-order valence-corrected chi connectivity index (χ1v) is 6.15. The minimum absolute atomic E-state index is 0.134. The van der Waals surface area contributed by atoms with Gasteiger partial charge in [0.15, 0.2) is 0 Å². The number of nitrogens with one attached hydrogen (secondary N) is 1. The molecule has 0 aromatic heterocycles. The number of methoxy groups -OCH3 is 1. The molecule has 0 amide bonds. The minimum Gasteiger partial charge on any atom is -0.481 e. The lowest BCUT2D eigenvalue weighted by Crippen LogP contribution is -2.00. The van der Waals surface area contributed by atoms with Crippen LogP contribution in [-0.2, 0) is 4.74 Å². The molecule has 0 aliphatic heterocycles. The molecule has 0 radical (unpaired) electrons. The van der Waals surface area contributed by atoms with Crippen LogP contribution in [0.25, 0.3) is 0 Å². The molecule has 0 saturated carbocycles. The summed E-state index contributed by atoms with van der Waals surface area (Å²) in [6.07, 6.45) is 0. The van der Waals surface area contributed by atoms with Crippen LogP contribution in [0, 0.1) is 12.3 Å². The Kier molecular flexibility index (Phi) is 4.07. The van der Waals surface area contributed by atoms with Crippen molar-refractivity contribution in [2.45, 2.75) is 6.92 Å². The van der Waals surface area contributed by atoms with Gasteiger partial charge in [-0.3, -0.25) is 5.41 Å². The first-order chi connectivity index (χ1) is 9.10. The molecular formula is C15H14ClNO2. The number of rotatable bonds is 3. The zero-order valence-electron chi connectivity index (χ0n) is 10.7. The predicted molar refractivity (Wildman–Crippen MR) is 76.5 cm³/mol. The molecule has 0 spiro atoms. The Labute approximate surface area is 117 Å². The van der Waals surface area contributed by atoms with Gasteiger partial charge < -0.3 is 9.47 Å². The quantitative estimate of drug-likeness (QED) is 0.666. The highest BCUT2D eigenvalue weighted by Crippen LogP contribution is 2.27. The Bertz CT molecular complexity index is 594. The summed E-state index contributed by atoms with van der Waals surface area (Å²) in [5.74, 6) is 1.60. The fourth-order valence-corrected chi connectivity index (χ4v) is 1.87. The lowest BCUT2D eigenvalue weighted by Gasteiger charge is -2.09. The van der Waals surface area contributed by atoms with E-state index in [9.17, 15) is 0 Å². The van der Waals surface area contributed by atoms with Gasteiger partial charge in [-0.1, -0.05) is 11.6 Å². The molecule has 1 N–H and O–H groups in total. The summed E-state index contributed by atoms with van der Waals surface area (Å²) in [4.78, 5) is 0. The topological polar surface area (TPSA) is 42.3 Å². The van der Waals surface area contributed by atoms with Gasteiger partial charge in [-0.25, -0.2) is 0 Å². The summed E-state index contributed by atoms with van der Waals surface area (Å²) < 4.78 is 10.6. The third-order valence-electron chi connectivity index (χ3n) is 2.69. The predicted octanol–water partition coefficient (Wildman–Crippen LogP) is 4.41. The second-order valence-corrected chi connectivity index (χ2v) is 4.51.